The molecule has 0 radical (unpaired) electrons. The van der Waals surface area contributed by atoms with Crippen molar-refractivity contribution >= 4 is 27.4 Å². The molecule has 7 nitrogen and oxygen atoms in total. The molecule has 3 aromatic carbocycles. The van der Waals surface area contributed by atoms with Gasteiger partial charge in [-0.15, -0.1) is 0 Å². The molecule has 0 bridgehead atoms. The monoisotopic (exact) mass is 436 g/mol. The van der Waals surface area contributed by atoms with Gasteiger partial charge in [-0.1, -0.05) is 36.4 Å². The van der Waals surface area contributed by atoms with Crippen LogP contribution in [0.1, 0.15) is 29.7 Å². The van der Waals surface area contributed by atoms with Crippen molar-refractivity contribution in [1.29, 1.82) is 0 Å². The molecule has 8 heteroatoms. The number of rotatable bonds is 6. The van der Waals surface area contributed by atoms with E-state index in [-0.39, 0.29) is 17.0 Å². The Bertz CT molecular complexity index is 1180. The third-order valence-electron chi connectivity index (χ3n) is 5.16. The minimum absolute atomic E-state index is 0.120. The molecule has 4 rings (SSSR count). The SMILES string of the molecule is CC(NC(=O)Nc1ccc(S(=O)(=O)Nc2ccc3c(c2)CNC3)cc1)c1ccccc1. The summed E-state index contributed by atoms with van der Waals surface area (Å²) in [7, 11) is -3.73. The van der Waals surface area contributed by atoms with Crippen LogP contribution in [0.25, 0.3) is 0 Å². The zero-order valence-corrected chi connectivity index (χ0v) is 17.9. The summed E-state index contributed by atoms with van der Waals surface area (Å²) in [4.78, 5) is 12.4. The van der Waals surface area contributed by atoms with Gasteiger partial charge < -0.3 is 16.0 Å². The van der Waals surface area contributed by atoms with Crippen molar-refractivity contribution < 1.29 is 13.2 Å². The number of amides is 2. The van der Waals surface area contributed by atoms with Crippen LogP contribution in [0.5, 0.6) is 0 Å². The van der Waals surface area contributed by atoms with E-state index in [0.717, 1.165) is 24.2 Å². The highest BCUT2D eigenvalue weighted by Gasteiger charge is 2.17. The van der Waals surface area contributed by atoms with Gasteiger partial charge in [0.05, 0.1) is 10.9 Å². The van der Waals surface area contributed by atoms with Crippen molar-refractivity contribution in [3.63, 3.8) is 0 Å². The number of urea groups is 1. The molecule has 0 spiro atoms. The van der Waals surface area contributed by atoms with Gasteiger partial charge in [0.15, 0.2) is 0 Å². The first-order valence-electron chi connectivity index (χ1n) is 9.98. The number of hydrogen-bond acceptors (Lipinski definition) is 4. The number of fused-ring (bicyclic) bond motifs is 1. The molecule has 0 aliphatic carbocycles. The quantitative estimate of drug-likeness (QED) is 0.470. The number of sulfonamides is 1. The third-order valence-corrected chi connectivity index (χ3v) is 6.56. The van der Waals surface area contributed by atoms with Crippen LogP contribution in [0.3, 0.4) is 0 Å². The lowest BCUT2D eigenvalue weighted by Crippen LogP contribution is -2.31. The van der Waals surface area contributed by atoms with E-state index in [1.807, 2.05) is 49.4 Å². The lowest BCUT2D eigenvalue weighted by atomic mass is 10.1. The Morgan fingerprint density at radius 3 is 2.32 bits per heavy atom. The van der Waals surface area contributed by atoms with E-state index in [1.165, 1.54) is 17.7 Å². The van der Waals surface area contributed by atoms with Crippen LogP contribution in [0.2, 0.25) is 0 Å². The summed E-state index contributed by atoms with van der Waals surface area (Å²) >= 11 is 0. The Balaban J connectivity index is 1.38. The summed E-state index contributed by atoms with van der Waals surface area (Å²) in [6.45, 7) is 3.43. The molecule has 1 atom stereocenters. The van der Waals surface area contributed by atoms with E-state index < -0.39 is 10.0 Å². The summed E-state index contributed by atoms with van der Waals surface area (Å²) < 4.78 is 28.0. The van der Waals surface area contributed by atoms with Crippen LogP contribution < -0.4 is 20.7 Å². The van der Waals surface area contributed by atoms with Crippen molar-refractivity contribution in [1.82, 2.24) is 10.6 Å². The maximum atomic E-state index is 12.7. The molecule has 0 aromatic heterocycles. The second kappa shape index (κ2) is 8.79. The number of hydrogen-bond donors (Lipinski definition) is 4. The van der Waals surface area contributed by atoms with E-state index in [1.54, 1.807) is 18.2 Å². The normalized spacial score (nSPS) is 13.8. The van der Waals surface area contributed by atoms with E-state index in [0.29, 0.717) is 11.4 Å². The van der Waals surface area contributed by atoms with Gasteiger partial charge in [-0.05, 0) is 60.0 Å². The maximum Gasteiger partial charge on any atom is 0.319 e. The van der Waals surface area contributed by atoms with Gasteiger partial charge in [-0.2, -0.15) is 0 Å². The van der Waals surface area contributed by atoms with Gasteiger partial charge >= 0.3 is 6.03 Å². The van der Waals surface area contributed by atoms with E-state index in [2.05, 4.69) is 20.7 Å². The molecule has 0 saturated carbocycles. The smallest absolute Gasteiger partial charge is 0.319 e. The van der Waals surface area contributed by atoms with Gasteiger partial charge in [-0.25, -0.2) is 13.2 Å². The average molecular weight is 437 g/mol. The summed E-state index contributed by atoms with van der Waals surface area (Å²) in [6, 6.07) is 20.7. The number of anilines is 2. The van der Waals surface area contributed by atoms with Crippen LogP contribution in [0, 0.1) is 0 Å². The Morgan fingerprint density at radius 2 is 1.58 bits per heavy atom. The molecular formula is C23H24N4O3S. The van der Waals surface area contributed by atoms with Crippen molar-refractivity contribution in [3.05, 3.63) is 89.5 Å². The molecule has 3 aromatic rings. The van der Waals surface area contributed by atoms with Crippen LogP contribution >= 0.6 is 0 Å². The topological polar surface area (TPSA) is 99.3 Å². The second-order valence-electron chi connectivity index (χ2n) is 7.45. The highest BCUT2D eigenvalue weighted by atomic mass is 32.2. The summed E-state index contributed by atoms with van der Waals surface area (Å²) in [5.41, 5.74) is 4.29. The molecule has 1 aliphatic heterocycles. The molecule has 0 saturated heterocycles. The minimum Gasteiger partial charge on any atom is -0.331 e. The van der Waals surface area contributed by atoms with E-state index in [4.69, 9.17) is 0 Å². The van der Waals surface area contributed by atoms with Gasteiger partial charge in [0, 0.05) is 24.5 Å². The Morgan fingerprint density at radius 1 is 0.903 bits per heavy atom. The average Bonchev–Trinajstić information content (AvgIpc) is 3.22. The van der Waals surface area contributed by atoms with Gasteiger partial charge in [0.1, 0.15) is 0 Å². The van der Waals surface area contributed by atoms with Crippen molar-refractivity contribution in [2.24, 2.45) is 0 Å². The molecule has 2 amide bonds. The minimum atomic E-state index is -3.73. The lowest BCUT2D eigenvalue weighted by molar-refractivity contribution is 0.249. The fourth-order valence-corrected chi connectivity index (χ4v) is 4.53. The predicted octanol–water partition coefficient (Wildman–Crippen LogP) is 3.97. The van der Waals surface area contributed by atoms with Gasteiger partial charge in [-0.3, -0.25) is 4.72 Å². The molecule has 31 heavy (non-hydrogen) atoms. The first kappa shape index (κ1) is 20.9. The predicted molar refractivity (Wildman–Crippen MR) is 121 cm³/mol. The summed E-state index contributed by atoms with van der Waals surface area (Å²) in [6.07, 6.45) is 0. The molecular weight excluding hydrogens is 412 g/mol. The second-order valence-corrected chi connectivity index (χ2v) is 9.13. The fraction of sp³-hybridized carbons (Fsp3) is 0.174. The molecule has 4 N–H and O–H groups in total. The highest BCUT2D eigenvalue weighted by Crippen LogP contribution is 2.23. The first-order chi connectivity index (χ1) is 14.9. The Kier molecular flexibility index (Phi) is 5.92. The molecule has 1 unspecified atom stereocenters. The van der Waals surface area contributed by atoms with Crippen molar-refractivity contribution in [2.45, 2.75) is 31.0 Å². The molecule has 160 valence electrons. The Labute approximate surface area is 181 Å². The molecule has 1 heterocycles. The van der Waals surface area contributed by atoms with Crippen LogP contribution in [-0.4, -0.2) is 14.4 Å². The highest BCUT2D eigenvalue weighted by molar-refractivity contribution is 7.92. The van der Waals surface area contributed by atoms with Gasteiger partial charge in [0.2, 0.25) is 0 Å². The van der Waals surface area contributed by atoms with Crippen molar-refractivity contribution in [3.8, 4) is 0 Å². The van der Waals surface area contributed by atoms with Crippen LogP contribution in [-0.2, 0) is 23.1 Å². The number of nitrogens with one attached hydrogen (secondary N) is 4. The summed E-state index contributed by atoms with van der Waals surface area (Å²) in [5.74, 6) is 0. The standard InChI is InChI=1S/C23H24N4O3S/c1-16(17-5-3-2-4-6-17)25-23(28)26-20-9-11-22(12-10-20)31(29,30)27-21-8-7-18-14-24-15-19(18)13-21/h2-13,16,24,27H,14-15H2,1H3,(H2,25,26,28). The lowest BCUT2D eigenvalue weighted by Gasteiger charge is -2.15. The Hall–Kier alpha value is -3.36. The van der Waals surface area contributed by atoms with Crippen LogP contribution in [0.15, 0.2) is 77.7 Å². The zero-order chi connectivity index (χ0) is 21.8. The largest absolute Gasteiger partial charge is 0.331 e. The molecule has 1 aliphatic rings. The summed E-state index contributed by atoms with van der Waals surface area (Å²) in [5, 5.41) is 8.82. The number of carbonyl (C=O) groups excluding carboxylic acids is 1. The first-order valence-corrected chi connectivity index (χ1v) is 11.5. The maximum absolute atomic E-state index is 12.7. The van der Waals surface area contributed by atoms with Gasteiger partial charge in [0.25, 0.3) is 10.0 Å². The van der Waals surface area contributed by atoms with E-state index in [9.17, 15) is 13.2 Å². The van der Waals surface area contributed by atoms with Crippen LogP contribution in [0.4, 0.5) is 16.2 Å². The van der Waals surface area contributed by atoms with E-state index >= 15 is 0 Å². The number of benzene rings is 3. The molecule has 0 fully saturated rings. The number of carbonyl (C=O) groups is 1. The zero-order valence-electron chi connectivity index (χ0n) is 17.1. The fourth-order valence-electron chi connectivity index (χ4n) is 3.48. The van der Waals surface area contributed by atoms with Crippen molar-refractivity contribution in [2.75, 3.05) is 10.0 Å². The third kappa shape index (κ3) is 5.04.